The van der Waals surface area contributed by atoms with Crippen molar-refractivity contribution in [2.24, 2.45) is 17.6 Å². The van der Waals surface area contributed by atoms with Crippen LogP contribution in [-0.2, 0) is 9.53 Å². The number of hydrogen-bond donors (Lipinski definition) is 1. The number of ketones is 1. The highest BCUT2D eigenvalue weighted by atomic mass is 16.5. The first-order valence-corrected chi connectivity index (χ1v) is 10.0. The van der Waals surface area contributed by atoms with E-state index in [-0.39, 0.29) is 23.6 Å². The van der Waals surface area contributed by atoms with Crippen LogP contribution in [0.3, 0.4) is 0 Å². The van der Waals surface area contributed by atoms with Crippen LogP contribution in [0.15, 0.2) is 24.3 Å². The van der Waals surface area contributed by atoms with E-state index in [4.69, 9.17) is 10.5 Å². The van der Waals surface area contributed by atoms with Crippen LogP contribution >= 0.6 is 0 Å². The minimum absolute atomic E-state index is 0.126. The Morgan fingerprint density at radius 1 is 1.15 bits per heavy atom. The Morgan fingerprint density at radius 2 is 1.81 bits per heavy atom. The van der Waals surface area contributed by atoms with Gasteiger partial charge in [-0.25, -0.2) is 0 Å². The highest BCUT2D eigenvalue weighted by Crippen LogP contribution is 2.30. The molecular formula is C22H33NO3. The van der Waals surface area contributed by atoms with Crippen LogP contribution in [0.4, 0.5) is 0 Å². The summed E-state index contributed by atoms with van der Waals surface area (Å²) in [7, 11) is 0. The fraction of sp³-hybridized carbons (Fsp3) is 0.636. The van der Waals surface area contributed by atoms with E-state index in [2.05, 4.69) is 6.92 Å². The molecule has 4 nitrogen and oxygen atoms in total. The molecule has 26 heavy (non-hydrogen) atoms. The lowest BCUT2D eigenvalue weighted by molar-refractivity contribution is -0.144. The standard InChI is InChI=1S/C22H33NO3/c1-3-4-5-21(24)26-15-16(2)18-10-12-20(13-11-18)22(25)19-8-6-17(14-23)7-9-19/h10-13,16-17,19H,3-9,14-15,23H2,1-2H3. The fourth-order valence-corrected chi connectivity index (χ4v) is 3.58. The summed E-state index contributed by atoms with van der Waals surface area (Å²) in [6.07, 6.45) is 6.38. The summed E-state index contributed by atoms with van der Waals surface area (Å²) < 4.78 is 5.34. The van der Waals surface area contributed by atoms with E-state index in [1.807, 2.05) is 31.2 Å². The average molecular weight is 360 g/mol. The molecule has 1 fully saturated rings. The van der Waals surface area contributed by atoms with Crippen molar-refractivity contribution in [3.63, 3.8) is 0 Å². The Bertz CT molecular complexity index is 574. The SMILES string of the molecule is CCCCC(=O)OCC(C)c1ccc(C(=O)C2CCC(CN)CC2)cc1. The smallest absolute Gasteiger partial charge is 0.305 e. The summed E-state index contributed by atoms with van der Waals surface area (Å²) in [6, 6.07) is 7.82. The van der Waals surface area contributed by atoms with E-state index in [1.54, 1.807) is 0 Å². The Labute approximate surface area is 157 Å². The van der Waals surface area contributed by atoms with E-state index < -0.39 is 0 Å². The third-order valence-electron chi connectivity index (χ3n) is 5.54. The van der Waals surface area contributed by atoms with Crippen LogP contribution in [0.5, 0.6) is 0 Å². The number of ether oxygens (including phenoxy) is 1. The summed E-state index contributed by atoms with van der Waals surface area (Å²) in [5.41, 5.74) is 7.61. The normalized spacial score (nSPS) is 21.2. The topological polar surface area (TPSA) is 69.4 Å². The number of benzene rings is 1. The lowest BCUT2D eigenvalue weighted by Gasteiger charge is -2.26. The van der Waals surface area contributed by atoms with Gasteiger partial charge in [0.1, 0.15) is 0 Å². The van der Waals surface area contributed by atoms with Gasteiger partial charge < -0.3 is 10.5 Å². The van der Waals surface area contributed by atoms with Gasteiger partial charge in [-0.2, -0.15) is 0 Å². The van der Waals surface area contributed by atoms with Gasteiger partial charge in [-0.3, -0.25) is 9.59 Å². The largest absolute Gasteiger partial charge is 0.465 e. The first-order chi connectivity index (χ1) is 12.5. The molecule has 1 saturated carbocycles. The summed E-state index contributed by atoms with van der Waals surface area (Å²) in [4.78, 5) is 24.3. The number of esters is 1. The van der Waals surface area contributed by atoms with Gasteiger partial charge in [0.2, 0.25) is 0 Å². The molecule has 1 aromatic rings. The summed E-state index contributed by atoms with van der Waals surface area (Å²) in [6.45, 7) is 5.22. The van der Waals surface area contributed by atoms with Gasteiger partial charge >= 0.3 is 5.97 Å². The van der Waals surface area contributed by atoms with Crippen LogP contribution in [0.25, 0.3) is 0 Å². The number of nitrogens with two attached hydrogens (primary N) is 1. The van der Waals surface area contributed by atoms with Gasteiger partial charge in [-0.15, -0.1) is 0 Å². The lowest BCUT2D eigenvalue weighted by atomic mass is 9.78. The van der Waals surface area contributed by atoms with Crippen LogP contribution in [0.1, 0.15) is 80.6 Å². The van der Waals surface area contributed by atoms with Crippen LogP contribution in [-0.4, -0.2) is 24.9 Å². The quantitative estimate of drug-likeness (QED) is 0.522. The number of carbonyl (C=O) groups is 2. The molecule has 0 bridgehead atoms. The minimum Gasteiger partial charge on any atom is -0.465 e. The molecular weight excluding hydrogens is 326 g/mol. The Kier molecular flexibility index (Phi) is 8.30. The van der Waals surface area contributed by atoms with Gasteiger partial charge in [-0.05, 0) is 50.1 Å². The van der Waals surface area contributed by atoms with E-state index in [1.165, 1.54) is 0 Å². The molecule has 0 radical (unpaired) electrons. The summed E-state index contributed by atoms with van der Waals surface area (Å²) in [5, 5.41) is 0. The molecule has 144 valence electrons. The number of rotatable bonds is 9. The number of unbranched alkanes of at least 4 members (excludes halogenated alkanes) is 1. The third-order valence-corrected chi connectivity index (χ3v) is 5.54. The summed E-state index contributed by atoms with van der Waals surface area (Å²) in [5.74, 6) is 0.983. The monoisotopic (exact) mass is 359 g/mol. The second-order valence-corrected chi connectivity index (χ2v) is 7.63. The van der Waals surface area contributed by atoms with Crippen molar-refractivity contribution in [1.29, 1.82) is 0 Å². The summed E-state index contributed by atoms with van der Waals surface area (Å²) >= 11 is 0. The van der Waals surface area contributed by atoms with Gasteiger partial charge in [-0.1, -0.05) is 44.5 Å². The molecule has 0 amide bonds. The number of hydrogen-bond acceptors (Lipinski definition) is 4. The minimum atomic E-state index is -0.126. The van der Waals surface area contributed by atoms with Crippen molar-refractivity contribution in [2.45, 2.75) is 64.7 Å². The molecule has 0 spiro atoms. The zero-order valence-corrected chi connectivity index (χ0v) is 16.2. The number of Topliss-reactive ketones (excluding diaryl/α,β-unsaturated/α-hetero) is 1. The Morgan fingerprint density at radius 3 is 2.38 bits per heavy atom. The van der Waals surface area contributed by atoms with Gasteiger partial charge in [0, 0.05) is 23.8 Å². The molecule has 2 rings (SSSR count). The molecule has 1 atom stereocenters. The van der Waals surface area contributed by atoms with E-state index in [9.17, 15) is 9.59 Å². The van der Waals surface area contributed by atoms with Crippen molar-refractivity contribution >= 4 is 11.8 Å². The molecule has 1 unspecified atom stereocenters. The molecule has 0 aliphatic heterocycles. The maximum atomic E-state index is 12.7. The first kappa shape index (κ1) is 20.6. The van der Waals surface area contributed by atoms with Crippen molar-refractivity contribution < 1.29 is 14.3 Å². The maximum absolute atomic E-state index is 12.7. The van der Waals surface area contributed by atoms with Crippen molar-refractivity contribution in [3.8, 4) is 0 Å². The fourth-order valence-electron chi connectivity index (χ4n) is 3.58. The van der Waals surface area contributed by atoms with Crippen molar-refractivity contribution in [3.05, 3.63) is 35.4 Å². The second kappa shape index (κ2) is 10.5. The predicted molar refractivity (Wildman–Crippen MR) is 104 cm³/mol. The highest BCUT2D eigenvalue weighted by Gasteiger charge is 2.26. The van der Waals surface area contributed by atoms with Crippen LogP contribution in [0, 0.1) is 11.8 Å². The number of carbonyl (C=O) groups excluding carboxylic acids is 2. The Hall–Kier alpha value is -1.68. The average Bonchev–Trinajstić information content (AvgIpc) is 2.70. The van der Waals surface area contributed by atoms with E-state index >= 15 is 0 Å². The molecule has 0 aromatic heterocycles. The lowest BCUT2D eigenvalue weighted by Crippen LogP contribution is -2.25. The Balaban J connectivity index is 1.85. The zero-order valence-electron chi connectivity index (χ0n) is 16.2. The molecule has 1 aliphatic rings. The molecule has 2 N–H and O–H groups in total. The molecule has 0 heterocycles. The van der Waals surface area contributed by atoms with Crippen LogP contribution < -0.4 is 5.73 Å². The molecule has 1 aliphatic carbocycles. The van der Waals surface area contributed by atoms with Crippen molar-refractivity contribution in [1.82, 2.24) is 0 Å². The van der Waals surface area contributed by atoms with E-state index in [0.717, 1.165) is 56.2 Å². The van der Waals surface area contributed by atoms with Crippen molar-refractivity contribution in [2.75, 3.05) is 13.2 Å². The molecule has 4 heteroatoms. The predicted octanol–water partition coefficient (Wildman–Crippen LogP) is 4.47. The second-order valence-electron chi connectivity index (χ2n) is 7.63. The van der Waals surface area contributed by atoms with Gasteiger partial charge in [0.15, 0.2) is 5.78 Å². The molecule has 1 aromatic carbocycles. The van der Waals surface area contributed by atoms with E-state index in [0.29, 0.717) is 18.9 Å². The maximum Gasteiger partial charge on any atom is 0.305 e. The third kappa shape index (κ3) is 5.94. The first-order valence-electron chi connectivity index (χ1n) is 10.0. The molecule has 0 saturated heterocycles. The van der Waals surface area contributed by atoms with Gasteiger partial charge in [0.05, 0.1) is 6.61 Å². The van der Waals surface area contributed by atoms with Gasteiger partial charge in [0.25, 0.3) is 0 Å². The highest BCUT2D eigenvalue weighted by molar-refractivity contribution is 5.97. The zero-order chi connectivity index (χ0) is 18.9. The van der Waals surface area contributed by atoms with Crippen LogP contribution in [0.2, 0.25) is 0 Å².